The highest BCUT2D eigenvalue weighted by Crippen LogP contribution is 2.33. The molecular formula is C30H48. The van der Waals surface area contributed by atoms with E-state index < -0.39 is 0 Å². The zero-order chi connectivity index (χ0) is 22.4. The Labute approximate surface area is 188 Å². The van der Waals surface area contributed by atoms with Gasteiger partial charge in [-0.2, -0.15) is 0 Å². The van der Waals surface area contributed by atoms with Gasteiger partial charge in [0.1, 0.15) is 0 Å². The fourth-order valence-corrected chi connectivity index (χ4v) is 4.14. The summed E-state index contributed by atoms with van der Waals surface area (Å²) in [6.45, 7) is 17.8. The zero-order valence-electron chi connectivity index (χ0n) is 20.9. The number of rotatable bonds is 13. The van der Waals surface area contributed by atoms with Crippen LogP contribution in [0.4, 0.5) is 0 Å². The number of hydrogen-bond acceptors (Lipinski definition) is 0. The summed E-state index contributed by atoms with van der Waals surface area (Å²) in [6, 6.07) is 0. The molecular weight excluding hydrogens is 360 g/mol. The van der Waals surface area contributed by atoms with Crippen LogP contribution in [0.3, 0.4) is 0 Å². The lowest BCUT2D eigenvalue weighted by Crippen LogP contribution is -2.09. The van der Waals surface area contributed by atoms with E-state index in [0.29, 0.717) is 5.92 Å². The SMILES string of the molecule is C=C(CC/C=C(\C)CCC=C(C)C)C1CCC=C(CC/C=C(\C)CCC=C(C)C)C1. The van der Waals surface area contributed by atoms with Gasteiger partial charge in [-0.1, -0.05) is 70.4 Å². The van der Waals surface area contributed by atoms with Crippen molar-refractivity contribution in [2.75, 3.05) is 0 Å². The molecule has 0 nitrogen and oxygen atoms in total. The zero-order valence-corrected chi connectivity index (χ0v) is 20.9. The normalized spacial score (nSPS) is 17.4. The van der Waals surface area contributed by atoms with Crippen LogP contribution in [0.15, 0.2) is 70.4 Å². The van der Waals surface area contributed by atoms with E-state index in [-0.39, 0.29) is 0 Å². The third-order valence-electron chi connectivity index (χ3n) is 6.13. The van der Waals surface area contributed by atoms with Crippen LogP contribution in [0, 0.1) is 5.92 Å². The van der Waals surface area contributed by atoms with Gasteiger partial charge in [0, 0.05) is 0 Å². The van der Waals surface area contributed by atoms with Crippen LogP contribution in [0.5, 0.6) is 0 Å². The minimum atomic E-state index is 0.701. The van der Waals surface area contributed by atoms with Crippen LogP contribution < -0.4 is 0 Å². The van der Waals surface area contributed by atoms with Crippen LogP contribution in [0.2, 0.25) is 0 Å². The molecule has 1 rings (SSSR count). The van der Waals surface area contributed by atoms with Crippen molar-refractivity contribution in [3.05, 3.63) is 70.4 Å². The maximum atomic E-state index is 4.47. The summed E-state index contributed by atoms with van der Waals surface area (Å²) in [5, 5.41) is 0. The molecule has 0 N–H and O–H groups in total. The highest BCUT2D eigenvalue weighted by molar-refractivity contribution is 5.16. The molecule has 0 fully saturated rings. The molecule has 0 aromatic heterocycles. The Kier molecular flexibility index (Phi) is 13.5. The van der Waals surface area contributed by atoms with Crippen molar-refractivity contribution in [1.29, 1.82) is 0 Å². The fourth-order valence-electron chi connectivity index (χ4n) is 4.14. The Balaban J connectivity index is 2.34. The van der Waals surface area contributed by atoms with E-state index in [2.05, 4.69) is 78.5 Å². The average molecular weight is 409 g/mol. The molecule has 0 spiro atoms. The van der Waals surface area contributed by atoms with Gasteiger partial charge in [0.2, 0.25) is 0 Å². The highest BCUT2D eigenvalue weighted by Gasteiger charge is 2.17. The largest absolute Gasteiger partial charge is 0.0996 e. The Morgan fingerprint density at radius 2 is 1.33 bits per heavy atom. The summed E-state index contributed by atoms with van der Waals surface area (Å²) in [6.07, 6.45) is 25.3. The van der Waals surface area contributed by atoms with Crippen molar-refractivity contribution in [1.82, 2.24) is 0 Å². The number of hydrogen-bond donors (Lipinski definition) is 0. The molecule has 0 heteroatoms. The van der Waals surface area contributed by atoms with Gasteiger partial charge in [0.05, 0.1) is 0 Å². The first kappa shape index (κ1) is 26.5. The predicted molar refractivity (Wildman–Crippen MR) is 138 cm³/mol. The van der Waals surface area contributed by atoms with E-state index in [4.69, 9.17) is 0 Å². The van der Waals surface area contributed by atoms with Crippen molar-refractivity contribution < 1.29 is 0 Å². The molecule has 1 unspecified atom stereocenters. The molecule has 0 saturated carbocycles. The molecule has 0 radical (unpaired) electrons. The molecule has 0 heterocycles. The topological polar surface area (TPSA) is 0 Å². The quantitative estimate of drug-likeness (QED) is 0.266. The summed E-state index contributed by atoms with van der Waals surface area (Å²) in [7, 11) is 0. The van der Waals surface area contributed by atoms with Crippen molar-refractivity contribution in [2.24, 2.45) is 5.92 Å². The monoisotopic (exact) mass is 408 g/mol. The molecule has 1 atom stereocenters. The lowest BCUT2D eigenvalue weighted by Gasteiger charge is -2.24. The Hall–Kier alpha value is -1.56. The summed E-state index contributed by atoms with van der Waals surface area (Å²) in [5.74, 6) is 0.701. The van der Waals surface area contributed by atoms with Gasteiger partial charge in [0.25, 0.3) is 0 Å². The second kappa shape index (κ2) is 15.3. The van der Waals surface area contributed by atoms with Crippen LogP contribution >= 0.6 is 0 Å². The highest BCUT2D eigenvalue weighted by atomic mass is 14.2. The van der Waals surface area contributed by atoms with Gasteiger partial charge in [0.15, 0.2) is 0 Å². The smallest absolute Gasteiger partial charge is 0.0166 e. The minimum absolute atomic E-state index is 0.701. The summed E-state index contributed by atoms with van der Waals surface area (Å²) >= 11 is 0. The molecule has 168 valence electrons. The first-order valence-electron chi connectivity index (χ1n) is 12.2. The van der Waals surface area contributed by atoms with Gasteiger partial charge in [-0.05, 0) is 118 Å². The average Bonchev–Trinajstić information content (AvgIpc) is 2.67. The molecule has 0 aliphatic heterocycles. The van der Waals surface area contributed by atoms with Crippen molar-refractivity contribution in [2.45, 2.75) is 112 Å². The molecule has 0 bridgehead atoms. The van der Waals surface area contributed by atoms with Gasteiger partial charge >= 0.3 is 0 Å². The van der Waals surface area contributed by atoms with E-state index in [1.54, 1.807) is 5.57 Å². The third kappa shape index (κ3) is 12.9. The van der Waals surface area contributed by atoms with Crippen molar-refractivity contribution in [3.8, 4) is 0 Å². The third-order valence-corrected chi connectivity index (χ3v) is 6.13. The molecule has 0 aromatic carbocycles. The summed E-state index contributed by atoms with van der Waals surface area (Å²) in [4.78, 5) is 0. The Morgan fingerprint density at radius 3 is 1.90 bits per heavy atom. The first-order valence-corrected chi connectivity index (χ1v) is 12.2. The van der Waals surface area contributed by atoms with Crippen LogP contribution in [-0.4, -0.2) is 0 Å². The van der Waals surface area contributed by atoms with E-state index >= 15 is 0 Å². The van der Waals surface area contributed by atoms with E-state index in [0.717, 1.165) is 12.8 Å². The summed E-state index contributed by atoms with van der Waals surface area (Å²) in [5.41, 5.74) is 9.05. The Morgan fingerprint density at radius 1 is 0.800 bits per heavy atom. The number of allylic oxidation sites excluding steroid dienone is 11. The van der Waals surface area contributed by atoms with Gasteiger partial charge in [-0.25, -0.2) is 0 Å². The standard InChI is InChI=1S/C30H48/c1-24(2)13-8-15-26(5)17-10-19-28(7)30-22-12-21-29(23-30)20-11-18-27(6)16-9-14-25(3)4/h13-14,17-18,21,30H,7-12,15-16,19-20,22-23H2,1-6H3/b26-17+,27-18+. The maximum Gasteiger partial charge on any atom is -0.0166 e. The Bertz CT molecular complexity index is 667. The fraction of sp³-hybridized carbons (Fsp3) is 0.600. The molecule has 0 amide bonds. The second-order valence-electron chi connectivity index (χ2n) is 9.82. The molecule has 30 heavy (non-hydrogen) atoms. The van der Waals surface area contributed by atoms with E-state index in [1.165, 1.54) is 85.7 Å². The van der Waals surface area contributed by atoms with Crippen LogP contribution in [-0.2, 0) is 0 Å². The molecule has 1 aliphatic rings. The van der Waals surface area contributed by atoms with E-state index in [1.807, 2.05) is 0 Å². The van der Waals surface area contributed by atoms with Crippen LogP contribution in [0.25, 0.3) is 0 Å². The van der Waals surface area contributed by atoms with Gasteiger partial charge in [-0.3, -0.25) is 0 Å². The maximum absolute atomic E-state index is 4.47. The summed E-state index contributed by atoms with van der Waals surface area (Å²) < 4.78 is 0. The molecule has 0 saturated heterocycles. The van der Waals surface area contributed by atoms with Crippen LogP contribution in [0.1, 0.15) is 112 Å². The molecule has 1 aliphatic carbocycles. The lowest BCUT2D eigenvalue weighted by molar-refractivity contribution is 0.509. The predicted octanol–water partition coefficient (Wildman–Crippen LogP) is 10.2. The lowest BCUT2D eigenvalue weighted by atomic mass is 9.81. The van der Waals surface area contributed by atoms with Gasteiger partial charge in [-0.15, -0.1) is 0 Å². The molecule has 0 aromatic rings. The second-order valence-corrected chi connectivity index (χ2v) is 9.82. The van der Waals surface area contributed by atoms with Gasteiger partial charge < -0.3 is 0 Å². The minimum Gasteiger partial charge on any atom is -0.0996 e. The van der Waals surface area contributed by atoms with Crippen molar-refractivity contribution >= 4 is 0 Å². The first-order chi connectivity index (χ1) is 14.3. The van der Waals surface area contributed by atoms with E-state index in [9.17, 15) is 0 Å². The van der Waals surface area contributed by atoms with Crippen molar-refractivity contribution in [3.63, 3.8) is 0 Å².